The van der Waals surface area contributed by atoms with Gasteiger partial charge in [0.2, 0.25) is 0 Å². The Bertz CT molecular complexity index is 1100. The van der Waals surface area contributed by atoms with Gasteiger partial charge < -0.3 is 19.4 Å². The third-order valence-corrected chi connectivity index (χ3v) is 5.55. The molecule has 4 rings (SSSR count). The Kier molecular flexibility index (Phi) is 5.59. The molecule has 30 heavy (non-hydrogen) atoms. The van der Waals surface area contributed by atoms with Gasteiger partial charge in [0.05, 0.1) is 19.7 Å². The molecule has 3 aromatic rings. The highest BCUT2D eigenvalue weighted by Gasteiger charge is 2.20. The number of anilines is 1. The molecule has 0 amide bonds. The summed E-state index contributed by atoms with van der Waals surface area (Å²) in [5.41, 5.74) is 0.856. The number of fused-ring (bicyclic) bond motifs is 1. The van der Waals surface area contributed by atoms with Crippen LogP contribution < -0.4 is 19.9 Å². The van der Waals surface area contributed by atoms with Crippen LogP contribution >= 0.6 is 0 Å². The molecule has 0 spiro atoms. The van der Waals surface area contributed by atoms with Crippen LogP contribution in [0.4, 0.5) is 5.82 Å². The Morgan fingerprint density at radius 1 is 1.03 bits per heavy atom. The Balaban J connectivity index is 1.69. The number of H-pyrrole nitrogens is 1. The lowest BCUT2D eigenvalue weighted by molar-refractivity contribution is 0.209. The number of pyridine rings is 1. The van der Waals surface area contributed by atoms with Crippen molar-refractivity contribution in [3.63, 3.8) is 0 Å². The standard InChI is InChI=1S/C22H27N5O3/c1-14(2)26-8-10-27(11-9-26)19-7-5-6-16(23-19)21-24-17-12-15(29-3)13-18(30-4)20(17)22(28)25-21/h5-7,12-14H,8-11H2,1-4H3,(H,24,25,28). The summed E-state index contributed by atoms with van der Waals surface area (Å²) in [6, 6.07) is 9.75. The summed E-state index contributed by atoms with van der Waals surface area (Å²) in [5.74, 6) is 2.31. The monoisotopic (exact) mass is 409 g/mol. The molecule has 1 saturated heterocycles. The maximum atomic E-state index is 12.8. The first-order chi connectivity index (χ1) is 14.5. The van der Waals surface area contributed by atoms with E-state index in [1.807, 2.05) is 18.2 Å². The normalized spacial score (nSPS) is 15.0. The third kappa shape index (κ3) is 3.82. The van der Waals surface area contributed by atoms with Gasteiger partial charge in [0, 0.05) is 44.4 Å². The third-order valence-electron chi connectivity index (χ3n) is 5.55. The quantitative estimate of drug-likeness (QED) is 0.693. The molecule has 0 radical (unpaired) electrons. The first kappa shape index (κ1) is 20.2. The fourth-order valence-corrected chi connectivity index (χ4v) is 3.81. The predicted molar refractivity (Wildman–Crippen MR) is 118 cm³/mol. The number of nitrogens with zero attached hydrogens (tertiary/aromatic N) is 4. The average molecular weight is 409 g/mol. The van der Waals surface area contributed by atoms with Crippen LogP contribution in [0.15, 0.2) is 35.1 Å². The zero-order valence-electron chi connectivity index (χ0n) is 17.8. The van der Waals surface area contributed by atoms with Gasteiger partial charge in [-0.3, -0.25) is 9.69 Å². The number of piperazine rings is 1. The molecule has 0 aliphatic carbocycles. The van der Waals surface area contributed by atoms with Crippen molar-refractivity contribution in [1.29, 1.82) is 0 Å². The van der Waals surface area contributed by atoms with Gasteiger partial charge in [0.15, 0.2) is 5.82 Å². The van der Waals surface area contributed by atoms with Gasteiger partial charge in [-0.1, -0.05) is 6.07 Å². The number of rotatable bonds is 5. The van der Waals surface area contributed by atoms with E-state index in [9.17, 15) is 4.79 Å². The largest absolute Gasteiger partial charge is 0.497 e. The Hall–Kier alpha value is -3.13. The van der Waals surface area contributed by atoms with E-state index in [1.165, 1.54) is 7.11 Å². The second-order valence-corrected chi connectivity index (χ2v) is 7.64. The summed E-state index contributed by atoms with van der Waals surface area (Å²) in [6.07, 6.45) is 0. The van der Waals surface area contributed by atoms with Gasteiger partial charge in [-0.15, -0.1) is 0 Å². The minimum Gasteiger partial charge on any atom is -0.497 e. The highest BCUT2D eigenvalue weighted by molar-refractivity contribution is 5.87. The molecule has 0 atom stereocenters. The molecule has 1 aromatic carbocycles. The number of benzene rings is 1. The van der Waals surface area contributed by atoms with Crippen molar-refractivity contribution in [3.05, 3.63) is 40.7 Å². The number of hydrogen-bond donors (Lipinski definition) is 1. The van der Waals surface area contributed by atoms with E-state index in [2.05, 4.69) is 33.6 Å². The van der Waals surface area contributed by atoms with Gasteiger partial charge in [-0.2, -0.15) is 0 Å². The van der Waals surface area contributed by atoms with E-state index in [0.717, 1.165) is 32.0 Å². The topological polar surface area (TPSA) is 83.6 Å². The van der Waals surface area contributed by atoms with Gasteiger partial charge in [0.25, 0.3) is 5.56 Å². The predicted octanol–water partition coefficient (Wildman–Crippen LogP) is 2.53. The molecular formula is C22H27N5O3. The highest BCUT2D eigenvalue weighted by atomic mass is 16.5. The first-order valence-electron chi connectivity index (χ1n) is 10.1. The second kappa shape index (κ2) is 8.31. The molecule has 3 heterocycles. The average Bonchev–Trinajstić information content (AvgIpc) is 2.78. The number of methoxy groups -OCH3 is 2. The lowest BCUT2D eigenvalue weighted by Crippen LogP contribution is -2.49. The SMILES string of the molecule is COc1cc(OC)c2c(=O)[nH]c(-c3cccc(N4CCN(C(C)C)CC4)n3)nc2c1. The van der Waals surface area contributed by atoms with Crippen LogP contribution in [0.2, 0.25) is 0 Å². The Labute approximate surface area is 175 Å². The van der Waals surface area contributed by atoms with E-state index in [-0.39, 0.29) is 5.56 Å². The van der Waals surface area contributed by atoms with Gasteiger partial charge in [-0.05, 0) is 26.0 Å². The smallest absolute Gasteiger partial charge is 0.262 e. The van der Waals surface area contributed by atoms with Gasteiger partial charge in [0.1, 0.15) is 28.4 Å². The zero-order chi connectivity index (χ0) is 21.3. The first-order valence-corrected chi connectivity index (χ1v) is 10.1. The number of ether oxygens (including phenoxy) is 2. The molecule has 1 aliphatic rings. The molecule has 0 bridgehead atoms. The van der Waals surface area contributed by atoms with Crippen LogP contribution in [0.3, 0.4) is 0 Å². The molecule has 8 heteroatoms. The van der Waals surface area contributed by atoms with Crippen molar-refractivity contribution >= 4 is 16.7 Å². The van der Waals surface area contributed by atoms with Crippen molar-refractivity contribution in [2.24, 2.45) is 0 Å². The van der Waals surface area contributed by atoms with Crippen LogP contribution in [0.25, 0.3) is 22.4 Å². The van der Waals surface area contributed by atoms with E-state index < -0.39 is 0 Å². The summed E-state index contributed by atoms with van der Waals surface area (Å²) < 4.78 is 10.7. The maximum absolute atomic E-state index is 12.8. The van der Waals surface area contributed by atoms with Crippen LogP contribution in [-0.4, -0.2) is 66.3 Å². The molecule has 2 aromatic heterocycles. The molecule has 0 unspecified atom stereocenters. The van der Waals surface area contributed by atoms with Crippen molar-refractivity contribution in [3.8, 4) is 23.0 Å². The van der Waals surface area contributed by atoms with Crippen LogP contribution in [0, 0.1) is 0 Å². The van der Waals surface area contributed by atoms with E-state index in [0.29, 0.717) is 40.0 Å². The molecule has 1 N–H and O–H groups in total. The van der Waals surface area contributed by atoms with Crippen molar-refractivity contribution in [2.45, 2.75) is 19.9 Å². The van der Waals surface area contributed by atoms with Gasteiger partial charge >= 0.3 is 0 Å². The molecule has 1 aliphatic heterocycles. The van der Waals surface area contributed by atoms with Crippen molar-refractivity contribution < 1.29 is 9.47 Å². The molecular weight excluding hydrogens is 382 g/mol. The summed E-state index contributed by atoms with van der Waals surface area (Å²) in [6.45, 7) is 8.30. The summed E-state index contributed by atoms with van der Waals surface area (Å²) in [5, 5.41) is 0.392. The molecule has 0 saturated carbocycles. The van der Waals surface area contributed by atoms with Gasteiger partial charge in [-0.25, -0.2) is 9.97 Å². The van der Waals surface area contributed by atoms with Crippen LogP contribution in [-0.2, 0) is 0 Å². The maximum Gasteiger partial charge on any atom is 0.262 e. The molecule has 1 fully saturated rings. The van der Waals surface area contributed by atoms with E-state index >= 15 is 0 Å². The Morgan fingerprint density at radius 3 is 2.47 bits per heavy atom. The summed E-state index contributed by atoms with van der Waals surface area (Å²) in [7, 11) is 3.09. The zero-order valence-corrected chi connectivity index (χ0v) is 17.8. The van der Waals surface area contributed by atoms with Crippen LogP contribution in [0.5, 0.6) is 11.5 Å². The highest BCUT2D eigenvalue weighted by Crippen LogP contribution is 2.29. The molecule has 158 valence electrons. The fraction of sp³-hybridized carbons (Fsp3) is 0.409. The van der Waals surface area contributed by atoms with Crippen molar-refractivity contribution in [2.75, 3.05) is 45.3 Å². The van der Waals surface area contributed by atoms with E-state index in [4.69, 9.17) is 14.5 Å². The van der Waals surface area contributed by atoms with Crippen LogP contribution in [0.1, 0.15) is 13.8 Å². The van der Waals surface area contributed by atoms with Crippen molar-refractivity contribution in [1.82, 2.24) is 19.9 Å². The number of aromatic amines is 1. The number of hydrogen-bond acceptors (Lipinski definition) is 7. The number of nitrogens with one attached hydrogen (secondary N) is 1. The minimum atomic E-state index is -0.271. The summed E-state index contributed by atoms with van der Waals surface area (Å²) in [4.78, 5) is 29.8. The van der Waals surface area contributed by atoms with E-state index in [1.54, 1.807) is 19.2 Å². The lowest BCUT2D eigenvalue weighted by atomic mass is 10.2. The fourth-order valence-electron chi connectivity index (χ4n) is 3.81. The second-order valence-electron chi connectivity index (χ2n) is 7.64. The number of aromatic nitrogens is 3. The minimum absolute atomic E-state index is 0.271. The Morgan fingerprint density at radius 2 is 1.80 bits per heavy atom. The molecule has 8 nitrogen and oxygen atoms in total. The summed E-state index contributed by atoms with van der Waals surface area (Å²) >= 11 is 0. The lowest BCUT2D eigenvalue weighted by Gasteiger charge is -2.37.